The third-order valence-corrected chi connectivity index (χ3v) is 2.95. The molecule has 3 N–H and O–H groups in total. The van der Waals surface area contributed by atoms with E-state index in [0.717, 1.165) is 0 Å². The van der Waals surface area contributed by atoms with Gasteiger partial charge in [-0.15, -0.1) is 0 Å². The van der Waals surface area contributed by atoms with Crippen molar-refractivity contribution in [3.05, 3.63) is 47.1 Å². The molecule has 0 saturated carbocycles. The lowest BCUT2D eigenvalue weighted by Gasteiger charge is -2.07. The van der Waals surface area contributed by atoms with Crippen molar-refractivity contribution >= 4 is 28.7 Å². The number of H-pyrrole nitrogens is 1. The molecular formula is C15H18N6O2. The number of rotatable bonds is 2. The second kappa shape index (κ2) is 7.21. The highest BCUT2D eigenvalue weighted by Crippen LogP contribution is 2.15. The molecule has 0 aliphatic carbocycles. The number of carbonyl (C=O) groups is 1. The fourth-order valence-electron chi connectivity index (χ4n) is 1.92. The van der Waals surface area contributed by atoms with Crippen molar-refractivity contribution < 1.29 is 4.79 Å². The average molecular weight is 314 g/mol. The third-order valence-electron chi connectivity index (χ3n) is 2.95. The molecule has 0 fully saturated rings. The molecule has 8 heteroatoms. The van der Waals surface area contributed by atoms with Crippen LogP contribution in [0.3, 0.4) is 0 Å². The molecule has 3 aromatic rings. The normalized spacial score (nSPS) is 9.87. The van der Waals surface area contributed by atoms with E-state index in [1.807, 2.05) is 32.0 Å². The first-order valence-electron chi connectivity index (χ1n) is 7.18. The van der Waals surface area contributed by atoms with E-state index in [0.29, 0.717) is 16.9 Å². The largest absolute Gasteiger partial charge is 0.327 e. The minimum atomic E-state index is -0.453. The fraction of sp³-hybridized carbons (Fsp3) is 0.200. The van der Waals surface area contributed by atoms with Gasteiger partial charge in [-0.1, -0.05) is 32.0 Å². The first kappa shape index (κ1) is 16.2. The summed E-state index contributed by atoms with van der Waals surface area (Å²) >= 11 is 0. The van der Waals surface area contributed by atoms with Crippen LogP contribution < -0.4 is 16.3 Å². The van der Waals surface area contributed by atoms with Gasteiger partial charge in [0, 0.05) is 12.7 Å². The Morgan fingerprint density at radius 3 is 2.52 bits per heavy atom. The summed E-state index contributed by atoms with van der Waals surface area (Å²) in [6.45, 7) is 4.00. The molecule has 0 spiro atoms. The van der Waals surface area contributed by atoms with Gasteiger partial charge in [0.2, 0.25) is 0 Å². The van der Waals surface area contributed by atoms with Gasteiger partial charge in [0.1, 0.15) is 11.8 Å². The number of anilines is 2. The van der Waals surface area contributed by atoms with Crippen molar-refractivity contribution in [2.75, 3.05) is 10.6 Å². The minimum Gasteiger partial charge on any atom is -0.308 e. The molecule has 0 atom stereocenters. The smallest absolute Gasteiger partial charge is 0.308 e. The van der Waals surface area contributed by atoms with Crippen LogP contribution in [0.4, 0.5) is 16.3 Å². The molecule has 2 aromatic heterocycles. The standard InChI is InChI=1S/C13H12N6O2.C2H6/c1-19-11-9(17-13(19)21)10(14-7-15-11)18-12(20)16-8-5-3-2-4-6-8;1-2/h2-7H,1H3,(H,17,21)(H2,14,15,16,18,20);1-2H3. The number of fused-ring (bicyclic) bond motifs is 1. The van der Waals surface area contributed by atoms with E-state index in [-0.39, 0.29) is 11.5 Å². The first-order valence-corrected chi connectivity index (χ1v) is 7.18. The third kappa shape index (κ3) is 3.54. The molecule has 2 amide bonds. The molecular weight excluding hydrogens is 296 g/mol. The molecule has 0 saturated heterocycles. The molecule has 8 nitrogen and oxygen atoms in total. The quantitative estimate of drug-likeness (QED) is 0.675. The molecule has 23 heavy (non-hydrogen) atoms. The molecule has 0 aliphatic rings. The van der Waals surface area contributed by atoms with Crippen LogP contribution in [0.15, 0.2) is 41.5 Å². The number of benzene rings is 1. The molecule has 0 radical (unpaired) electrons. The maximum atomic E-state index is 11.9. The summed E-state index contributed by atoms with van der Waals surface area (Å²) in [5.41, 5.74) is 1.14. The Bertz CT molecular complexity index is 853. The monoisotopic (exact) mass is 314 g/mol. The van der Waals surface area contributed by atoms with E-state index in [4.69, 9.17) is 0 Å². The van der Waals surface area contributed by atoms with Gasteiger partial charge in [-0.2, -0.15) is 0 Å². The van der Waals surface area contributed by atoms with Crippen LogP contribution in [-0.2, 0) is 7.05 Å². The van der Waals surface area contributed by atoms with Crippen molar-refractivity contribution in [3.8, 4) is 0 Å². The SMILES string of the molecule is CC.Cn1c(=O)[nH]c2c(NC(=O)Nc3ccccc3)ncnc21. The zero-order valence-corrected chi connectivity index (χ0v) is 13.1. The van der Waals surface area contributed by atoms with Gasteiger partial charge in [0.05, 0.1) is 0 Å². The number of amides is 2. The number of para-hydroxylation sites is 1. The van der Waals surface area contributed by atoms with Gasteiger partial charge in [-0.05, 0) is 12.1 Å². The molecule has 0 bridgehead atoms. The first-order chi connectivity index (χ1) is 11.1. The Hall–Kier alpha value is -3.16. The van der Waals surface area contributed by atoms with Crippen molar-refractivity contribution in [3.63, 3.8) is 0 Å². The Labute approximate surface area is 132 Å². The van der Waals surface area contributed by atoms with E-state index in [1.54, 1.807) is 19.2 Å². The van der Waals surface area contributed by atoms with E-state index in [2.05, 4.69) is 25.6 Å². The highest BCUT2D eigenvalue weighted by Gasteiger charge is 2.12. The number of aryl methyl sites for hydroxylation is 1. The summed E-state index contributed by atoms with van der Waals surface area (Å²) in [5.74, 6) is 0.242. The van der Waals surface area contributed by atoms with Gasteiger partial charge in [-0.3, -0.25) is 9.88 Å². The van der Waals surface area contributed by atoms with Crippen LogP contribution in [0.1, 0.15) is 13.8 Å². The van der Waals surface area contributed by atoms with Gasteiger partial charge >= 0.3 is 11.7 Å². The second-order valence-electron chi connectivity index (χ2n) is 4.36. The lowest BCUT2D eigenvalue weighted by Crippen LogP contribution is -2.20. The molecule has 0 unspecified atom stereocenters. The highest BCUT2D eigenvalue weighted by atomic mass is 16.2. The van der Waals surface area contributed by atoms with E-state index >= 15 is 0 Å². The Morgan fingerprint density at radius 2 is 1.83 bits per heavy atom. The van der Waals surface area contributed by atoms with Crippen LogP contribution in [0, 0.1) is 0 Å². The number of hydrogen-bond donors (Lipinski definition) is 3. The molecule has 3 rings (SSSR count). The Balaban J connectivity index is 0.000000924. The minimum absolute atomic E-state index is 0.242. The van der Waals surface area contributed by atoms with Crippen LogP contribution in [0.5, 0.6) is 0 Å². The van der Waals surface area contributed by atoms with Gasteiger partial charge in [0.15, 0.2) is 11.5 Å². The van der Waals surface area contributed by atoms with Crippen LogP contribution in [-0.4, -0.2) is 25.6 Å². The van der Waals surface area contributed by atoms with Gasteiger partial charge in [-0.25, -0.2) is 19.6 Å². The van der Waals surface area contributed by atoms with Crippen LogP contribution in [0.25, 0.3) is 11.2 Å². The number of aromatic nitrogens is 4. The summed E-state index contributed by atoms with van der Waals surface area (Å²) in [4.78, 5) is 34.1. The zero-order valence-electron chi connectivity index (χ0n) is 13.1. The maximum absolute atomic E-state index is 11.9. The van der Waals surface area contributed by atoms with E-state index in [1.165, 1.54) is 10.9 Å². The number of nitrogens with zero attached hydrogens (tertiary/aromatic N) is 3. The number of aromatic amines is 1. The van der Waals surface area contributed by atoms with E-state index in [9.17, 15) is 9.59 Å². The summed E-state index contributed by atoms with van der Waals surface area (Å²) in [6.07, 6.45) is 1.29. The molecule has 1 aromatic carbocycles. The van der Waals surface area contributed by atoms with Crippen molar-refractivity contribution in [1.29, 1.82) is 0 Å². The fourth-order valence-corrected chi connectivity index (χ4v) is 1.92. The Kier molecular flexibility index (Phi) is 5.08. The Morgan fingerprint density at radius 1 is 1.13 bits per heavy atom. The average Bonchev–Trinajstić information content (AvgIpc) is 2.87. The second-order valence-corrected chi connectivity index (χ2v) is 4.36. The molecule has 120 valence electrons. The maximum Gasteiger partial charge on any atom is 0.327 e. The number of hydrogen-bond acceptors (Lipinski definition) is 4. The van der Waals surface area contributed by atoms with Crippen molar-refractivity contribution in [1.82, 2.24) is 19.5 Å². The summed E-state index contributed by atoms with van der Waals surface area (Å²) in [5, 5.41) is 5.26. The molecule has 0 aliphatic heterocycles. The topological polar surface area (TPSA) is 105 Å². The summed E-state index contributed by atoms with van der Waals surface area (Å²) in [6, 6.07) is 8.55. The van der Waals surface area contributed by atoms with Gasteiger partial charge in [0.25, 0.3) is 0 Å². The van der Waals surface area contributed by atoms with Crippen LogP contribution >= 0.6 is 0 Å². The van der Waals surface area contributed by atoms with Gasteiger partial charge < -0.3 is 10.3 Å². The molecule has 2 heterocycles. The predicted molar refractivity (Wildman–Crippen MR) is 89.6 cm³/mol. The highest BCUT2D eigenvalue weighted by molar-refractivity contribution is 6.02. The lowest BCUT2D eigenvalue weighted by molar-refractivity contribution is 0.262. The lowest BCUT2D eigenvalue weighted by atomic mass is 10.3. The predicted octanol–water partition coefficient (Wildman–Crippen LogP) is 2.33. The van der Waals surface area contributed by atoms with Crippen molar-refractivity contribution in [2.24, 2.45) is 7.05 Å². The number of imidazole rings is 1. The number of nitrogens with one attached hydrogen (secondary N) is 3. The summed E-state index contributed by atoms with van der Waals surface area (Å²) < 4.78 is 1.34. The zero-order chi connectivity index (χ0) is 16.8. The van der Waals surface area contributed by atoms with Crippen molar-refractivity contribution in [2.45, 2.75) is 13.8 Å². The number of carbonyl (C=O) groups excluding carboxylic acids is 1. The summed E-state index contributed by atoms with van der Waals surface area (Å²) in [7, 11) is 1.59. The van der Waals surface area contributed by atoms with Crippen LogP contribution in [0.2, 0.25) is 0 Å². The van der Waals surface area contributed by atoms with E-state index < -0.39 is 6.03 Å². The number of urea groups is 1.